The maximum Gasteiger partial charge on any atom is 0.426 e. The summed E-state index contributed by atoms with van der Waals surface area (Å²) in [5.41, 5.74) is -0.620. The second kappa shape index (κ2) is 6.33. The van der Waals surface area contributed by atoms with Crippen molar-refractivity contribution in [3.8, 4) is 0 Å². The molecule has 4 rings (SSSR count). The van der Waals surface area contributed by atoms with Gasteiger partial charge in [-0.1, -0.05) is 48.5 Å². The SMILES string of the molecule is CC(F)(c1ccc2c(c1)CC[C@H]1NCC[C@@]21Cc1ccccc1)C(F)(F)F. The molecule has 27 heavy (non-hydrogen) atoms. The second-order valence-electron chi connectivity index (χ2n) is 7.99. The molecule has 0 amide bonds. The maximum absolute atomic E-state index is 14.5. The summed E-state index contributed by atoms with van der Waals surface area (Å²) < 4.78 is 53.9. The summed E-state index contributed by atoms with van der Waals surface area (Å²) in [6.07, 6.45) is -1.62. The van der Waals surface area contributed by atoms with Crippen molar-refractivity contribution in [2.75, 3.05) is 6.54 Å². The fourth-order valence-electron chi connectivity index (χ4n) is 4.85. The summed E-state index contributed by atoms with van der Waals surface area (Å²) >= 11 is 0. The zero-order valence-electron chi connectivity index (χ0n) is 15.2. The van der Waals surface area contributed by atoms with Gasteiger partial charge in [0.2, 0.25) is 5.67 Å². The van der Waals surface area contributed by atoms with Crippen molar-refractivity contribution in [3.05, 3.63) is 70.8 Å². The van der Waals surface area contributed by atoms with Crippen LogP contribution in [-0.4, -0.2) is 18.8 Å². The smallest absolute Gasteiger partial charge is 0.313 e. The highest BCUT2D eigenvalue weighted by Crippen LogP contribution is 2.48. The van der Waals surface area contributed by atoms with Gasteiger partial charge in [0.15, 0.2) is 0 Å². The van der Waals surface area contributed by atoms with Crippen molar-refractivity contribution in [1.82, 2.24) is 5.32 Å². The number of rotatable bonds is 3. The van der Waals surface area contributed by atoms with E-state index in [0.29, 0.717) is 19.4 Å². The monoisotopic (exact) mass is 377 g/mol. The van der Waals surface area contributed by atoms with Crippen LogP contribution >= 0.6 is 0 Å². The molecule has 2 aromatic carbocycles. The number of hydrogen-bond donors (Lipinski definition) is 1. The van der Waals surface area contributed by atoms with E-state index in [9.17, 15) is 17.6 Å². The quantitative estimate of drug-likeness (QED) is 0.723. The van der Waals surface area contributed by atoms with E-state index in [4.69, 9.17) is 0 Å². The van der Waals surface area contributed by atoms with Gasteiger partial charge < -0.3 is 5.32 Å². The van der Waals surface area contributed by atoms with E-state index in [0.717, 1.165) is 36.9 Å². The molecule has 2 aliphatic rings. The fraction of sp³-hybridized carbons (Fsp3) is 0.455. The van der Waals surface area contributed by atoms with Crippen molar-refractivity contribution in [1.29, 1.82) is 0 Å². The lowest BCUT2D eigenvalue weighted by molar-refractivity contribution is -0.228. The van der Waals surface area contributed by atoms with Gasteiger partial charge in [0.05, 0.1) is 0 Å². The van der Waals surface area contributed by atoms with Crippen molar-refractivity contribution >= 4 is 0 Å². The van der Waals surface area contributed by atoms with Crippen molar-refractivity contribution in [2.24, 2.45) is 0 Å². The van der Waals surface area contributed by atoms with E-state index in [2.05, 4.69) is 17.4 Å². The van der Waals surface area contributed by atoms with E-state index in [1.165, 1.54) is 17.7 Å². The van der Waals surface area contributed by atoms with Gasteiger partial charge in [-0.15, -0.1) is 0 Å². The Morgan fingerprint density at radius 3 is 2.52 bits per heavy atom. The van der Waals surface area contributed by atoms with Gasteiger partial charge in [-0.2, -0.15) is 13.2 Å². The van der Waals surface area contributed by atoms with E-state index >= 15 is 0 Å². The second-order valence-corrected chi connectivity index (χ2v) is 7.99. The molecule has 0 bridgehead atoms. The molecular formula is C22H23F4N. The van der Waals surface area contributed by atoms with Crippen LogP contribution in [0.5, 0.6) is 0 Å². The lowest BCUT2D eigenvalue weighted by Crippen LogP contribution is -2.46. The predicted octanol–water partition coefficient (Wildman–Crippen LogP) is 5.22. The third-order valence-electron chi connectivity index (χ3n) is 6.41. The van der Waals surface area contributed by atoms with E-state index in [1.807, 2.05) is 18.2 Å². The molecular weight excluding hydrogens is 354 g/mol. The molecule has 144 valence electrons. The summed E-state index contributed by atoms with van der Waals surface area (Å²) in [6.45, 7) is 1.50. The van der Waals surface area contributed by atoms with Gasteiger partial charge in [-0.3, -0.25) is 0 Å². The Bertz CT molecular complexity index is 828. The number of fused-ring (bicyclic) bond motifs is 3. The Morgan fingerprint density at radius 1 is 1.07 bits per heavy atom. The van der Waals surface area contributed by atoms with E-state index in [1.54, 1.807) is 6.07 Å². The number of benzene rings is 2. The van der Waals surface area contributed by atoms with Crippen LogP contribution in [0.3, 0.4) is 0 Å². The van der Waals surface area contributed by atoms with Gasteiger partial charge >= 0.3 is 6.18 Å². The molecule has 0 radical (unpaired) electrons. The predicted molar refractivity (Wildman–Crippen MR) is 97.5 cm³/mol. The Labute approximate surface area is 156 Å². The first-order valence-electron chi connectivity index (χ1n) is 9.41. The van der Waals surface area contributed by atoms with Crippen LogP contribution in [0.15, 0.2) is 48.5 Å². The number of hydrogen-bond acceptors (Lipinski definition) is 1. The Balaban J connectivity index is 1.77. The molecule has 1 N–H and O–H groups in total. The Morgan fingerprint density at radius 2 is 1.81 bits per heavy atom. The molecule has 1 aliphatic heterocycles. The molecule has 5 heteroatoms. The third kappa shape index (κ3) is 2.96. The summed E-state index contributed by atoms with van der Waals surface area (Å²) in [5.74, 6) is 0. The first-order chi connectivity index (χ1) is 12.7. The molecule has 1 unspecified atom stereocenters. The minimum absolute atomic E-state index is 0.140. The maximum atomic E-state index is 14.5. The standard InChI is InChI=1S/C22H23F4N/c1-20(23,22(24,25)26)17-8-9-18-16(13-17)7-10-19-21(18,11-12-27-19)14-15-5-3-2-4-6-15/h2-6,8-9,13,19,27H,7,10-12,14H2,1H3/t19-,20?,21-/m1/s1. The summed E-state index contributed by atoms with van der Waals surface area (Å²) in [6, 6.07) is 15.0. The van der Waals surface area contributed by atoms with Gasteiger partial charge in [0, 0.05) is 11.5 Å². The molecule has 1 saturated heterocycles. The number of nitrogens with one attached hydrogen (secondary N) is 1. The van der Waals surface area contributed by atoms with Gasteiger partial charge in [-0.05, 0) is 61.4 Å². The summed E-state index contributed by atoms with van der Waals surface area (Å²) in [4.78, 5) is 0. The molecule has 0 saturated carbocycles. The van der Waals surface area contributed by atoms with Crippen LogP contribution in [0.2, 0.25) is 0 Å². The van der Waals surface area contributed by atoms with Crippen LogP contribution in [0.4, 0.5) is 17.6 Å². The molecule has 1 aliphatic carbocycles. The van der Waals surface area contributed by atoms with Crippen LogP contribution < -0.4 is 5.32 Å². The average molecular weight is 377 g/mol. The van der Waals surface area contributed by atoms with Crippen molar-refractivity contribution in [2.45, 2.75) is 55.9 Å². The summed E-state index contributed by atoms with van der Waals surface area (Å²) in [5, 5.41) is 3.58. The highest BCUT2D eigenvalue weighted by molar-refractivity contribution is 5.45. The number of aryl methyl sites for hydroxylation is 1. The van der Waals surface area contributed by atoms with Gasteiger partial charge in [0.1, 0.15) is 0 Å². The zero-order valence-corrected chi connectivity index (χ0v) is 15.2. The molecule has 1 nitrogen and oxygen atoms in total. The van der Waals surface area contributed by atoms with Crippen LogP contribution in [-0.2, 0) is 23.9 Å². The molecule has 0 spiro atoms. The minimum Gasteiger partial charge on any atom is -0.313 e. The Kier molecular flexibility index (Phi) is 4.34. The molecule has 3 atom stereocenters. The first-order valence-corrected chi connectivity index (χ1v) is 9.41. The van der Waals surface area contributed by atoms with E-state index in [-0.39, 0.29) is 11.0 Å². The van der Waals surface area contributed by atoms with Crippen molar-refractivity contribution < 1.29 is 17.6 Å². The average Bonchev–Trinajstić information content (AvgIpc) is 3.05. The molecule has 2 aromatic rings. The molecule has 1 heterocycles. The van der Waals surface area contributed by atoms with Crippen LogP contribution in [0.25, 0.3) is 0 Å². The normalized spacial score (nSPS) is 26.9. The summed E-state index contributed by atoms with van der Waals surface area (Å²) in [7, 11) is 0. The van der Waals surface area contributed by atoms with Crippen LogP contribution in [0.1, 0.15) is 42.0 Å². The molecule has 0 aromatic heterocycles. The lowest BCUT2D eigenvalue weighted by Gasteiger charge is -2.42. The van der Waals surface area contributed by atoms with Gasteiger partial charge in [-0.25, -0.2) is 4.39 Å². The topological polar surface area (TPSA) is 12.0 Å². The molecule has 1 fully saturated rings. The zero-order chi connectivity index (χ0) is 19.3. The number of halogens is 4. The highest BCUT2D eigenvalue weighted by atomic mass is 19.4. The van der Waals surface area contributed by atoms with Crippen molar-refractivity contribution in [3.63, 3.8) is 0 Å². The fourth-order valence-corrected chi connectivity index (χ4v) is 4.85. The first kappa shape index (κ1) is 18.5. The number of alkyl halides is 4. The minimum atomic E-state index is -4.92. The third-order valence-corrected chi connectivity index (χ3v) is 6.41. The highest BCUT2D eigenvalue weighted by Gasteiger charge is 2.54. The Hall–Kier alpha value is -1.88. The van der Waals surface area contributed by atoms with Crippen LogP contribution in [0, 0.1) is 0 Å². The van der Waals surface area contributed by atoms with Gasteiger partial charge in [0.25, 0.3) is 0 Å². The lowest BCUT2D eigenvalue weighted by atomic mass is 9.63. The van der Waals surface area contributed by atoms with E-state index < -0.39 is 11.8 Å². The largest absolute Gasteiger partial charge is 0.426 e.